The normalized spacial score (nSPS) is 10.2. The van der Waals surface area contributed by atoms with E-state index in [1.165, 1.54) is 6.26 Å². The Kier molecular flexibility index (Phi) is 4.16. The molecule has 2 N–H and O–H groups in total. The van der Waals surface area contributed by atoms with Crippen molar-refractivity contribution in [2.75, 3.05) is 20.1 Å². The third-order valence-electron chi connectivity index (χ3n) is 1.89. The maximum Gasteiger partial charge on any atom is 0.258 e. The lowest BCUT2D eigenvalue weighted by Gasteiger charge is -2.15. The van der Waals surface area contributed by atoms with Gasteiger partial charge in [-0.1, -0.05) is 0 Å². The summed E-state index contributed by atoms with van der Waals surface area (Å²) in [7, 11) is 1.75. The highest BCUT2D eigenvalue weighted by molar-refractivity contribution is 9.10. The lowest BCUT2D eigenvalue weighted by molar-refractivity contribution is 0.0792. The number of halogens is 1. The first-order valence-corrected chi connectivity index (χ1v) is 5.14. The van der Waals surface area contributed by atoms with E-state index in [-0.39, 0.29) is 5.91 Å². The number of furan rings is 1. The van der Waals surface area contributed by atoms with Gasteiger partial charge in [0.15, 0.2) is 4.67 Å². The Morgan fingerprint density at radius 1 is 1.71 bits per heavy atom. The van der Waals surface area contributed by atoms with Crippen molar-refractivity contribution < 1.29 is 9.21 Å². The number of carbonyl (C=O) groups excluding carboxylic acids is 1. The first-order chi connectivity index (χ1) is 6.66. The van der Waals surface area contributed by atoms with E-state index in [0.717, 1.165) is 6.42 Å². The van der Waals surface area contributed by atoms with Gasteiger partial charge < -0.3 is 15.1 Å². The van der Waals surface area contributed by atoms with Crippen molar-refractivity contribution in [3.63, 3.8) is 0 Å². The largest absolute Gasteiger partial charge is 0.457 e. The minimum Gasteiger partial charge on any atom is -0.457 e. The third kappa shape index (κ3) is 2.59. The molecule has 1 amide bonds. The van der Waals surface area contributed by atoms with Gasteiger partial charge in [0.25, 0.3) is 5.91 Å². The smallest absolute Gasteiger partial charge is 0.258 e. The summed E-state index contributed by atoms with van der Waals surface area (Å²) in [6.07, 6.45) is 2.28. The number of nitrogens with two attached hydrogens (primary N) is 1. The van der Waals surface area contributed by atoms with Crippen molar-refractivity contribution in [2.45, 2.75) is 6.42 Å². The van der Waals surface area contributed by atoms with Gasteiger partial charge in [-0.2, -0.15) is 0 Å². The molecule has 0 aliphatic heterocycles. The molecule has 0 radical (unpaired) electrons. The molecule has 0 atom stereocenters. The van der Waals surface area contributed by atoms with Gasteiger partial charge in [-0.25, -0.2) is 0 Å². The zero-order valence-corrected chi connectivity index (χ0v) is 9.58. The Balaban J connectivity index is 2.61. The Hall–Kier alpha value is -0.810. The summed E-state index contributed by atoms with van der Waals surface area (Å²) < 4.78 is 5.46. The maximum absolute atomic E-state index is 11.7. The minimum atomic E-state index is -0.0564. The fourth-order valence-corrected chi connectivity index (χ4v) is 1.49. The minimum absolute atomic E-state index is 0.0564. The van der Waals surface area contributed by atoms with Crippen LogP contribution in [0.1, 0.15) is 16.8 Å². The molecule has 0 aliphatic carbocycles. The third-order valence-corrected chi connectivity index (χ3v) is 2.51. The molecule has 0 saturated heterocycles. The average Bonchev–Trinajstić information content (AvgIpc) is 2.59. The predicted octanol–water partition coefficient (Wildman–Crippen LogP) is 1.46. The van der Waals surface area contributed by atoms with Crippen LogP contribution in [-0.2, 0) is 0 Å². The number of hydrogen-bond donors (Lipinski definition) is 1. The topological polar surface area (TPSA) is 59.5 Å². The van der Waals surface area contributed by atoms with Gasteiger partial charge in [-0.3, -0.25) is 4.79 Å². The summed E-state index contributed by atoms with van der Waals surface area (Å²) in [5, 5.41) is 0. The van der Waals surface area contributed by atoms with Crippen LogP contribution in [0.5, 0.6) is 0 Å². The van der Waals surface area contributed by atoms with Crippen LogP contribution in [0, 0.1) is 0 Å². The quantitative estimate of drug-likeness (QED) is 0.892. The van der Waals surface area contributed by atoms with E-state index >= 15 is 0 Å². The standard InChI is InChI=1S/C9H13BrN2O2/c1-12(5-2-4-11)9(13)7-3-6-14-8(7)10/h3,6H,2,4-5,11H2,1H3. The van der Waals surface area contributed by atoms with Gasteiger partial charge in [0.05, 0.1) is 11.8 Å². The van der Waals surface area contributed by atoms with Crippen molar-refractivity contribution in [3.8, 4) is 0 Å². The van der Waals surface area contributed by atoms with Crippen LogP contribution < -0.4 is 5.73 Å². The molecular formula is C9H13BrN2O2. The molecule has 0 unspecified atom stereocenters. The average molecular weight is 261 g/mol. The summed E-state index contributed by atoms with van der Waals surface area (Å²) in [6.45, 7) is 1.25. The second kappa shape index (κ2) is 5.17. The number of rotatable bonds is 4. The molecule has 0 aromatic carbocycles. The Morgan fingerprint density at radius 3 is 2.93 bits per heavy atom. The molecule has 0 fully saturated rings. The highest BCUT2D eigenvalue weighted by Gasteiger charge is 2.16. The highest BCUT2D eigenvalue weighted by atomic mass is 79.9. The molecular weight excluding hydrogens is 248 g/mol. The first kappa shape index (κ1) is 11.3. The zero-order valence-electron chi connectivity index (χ0n) is 8.00. The molecule has 0 spiro atoms. The fourth-order valence-electron chi connectivity index (χ4n) is 1.08. The lowest BCUT2D eigenvalue weighted by atomic mass is 10.3. The number of carbonyl (C=O) groups is 1. The zero-order chi connectivity index (χ0) is 10.6. The molecule has 5 heteroatoms. The second-order valence-corrected chi connectivity index (χ2v) is 3.70. The Labute approximate surface area is 91.2 Å². The predicted molar refractivity (Wildman–Crippen MR) is 57.0 cm³/mol. The van der Waals surface area contributed by atoms with Gasteiger partial charge in [0.1, 0.15) is 0 Å². The SMILES string of the molecule is CN(CCCN)C(=O)c1ccoc1Br. The van der Waals surface area contributed by atoms with Crippen molar-refractivity contribution >= 4 is 21.8 Å². The van der Waals surface area contributed by atoms with Crippen molar-refractivity contribution in [1.82, 2.24) is 4.90 Å². The van der Waals surface area contributed by atoms with Crippen LogP contribution in [0.25, 0.3) is 0 Å². The van der Waals surface area contributed by atoms with Crippen LogP contribution >= 0.6 is 15.9 Å². The monoisotopic (exact) mass is 260 g/mol. The van der Waals surface area contributed by atoms with E-state index in [9.17, 15) is 4.79 Å². The Morgan fingerprint density at radius 2 is 2.43 bits per heavy atom. The van der Waals surface area contributed by atoms with Gasteiger partial charge >= 0.3 is 0 Å². The first-order valence-electron chi connectivity index (χ1n) is 4.35. The van der Waals surface area contributed by atoms with Crippen LogP contribution in [0.2, 0.25) is 0 Å². The number of nitrogens with zero attached hydrogens (tertiary/aromatic N) is 1. The molecule has 0 aliphatic rings. The molecule has 78 valence electrons. The van der Waals surface area contributed by atoms with E-state index < -0.39 is 0 Å². The van der Waals surface area contributed by atoms with Crippen LogP contribution in [0.15, 0.2) is 21.4 Å². The summed E-state index contributed by atoms with van der Waals surface area (Å²) in [6, 6.07) is 1.64. The van der Waals surface area contributed by atoms with Crippen molar-refractivity contribution in [3.05, 3.63) is 22.6 Å². The van der Waals surface area contributed by atoms with E-state index in [0.29, 0.717) is 23.3 Å². The van der Waals surface area contributed by atoms with Gasteiger partial charge in [-0.15, -0.1) is 0 Å². The molecule has 0 saturated carbocycles. The van der Waals surface area contributed by atoms with Crippen LogP contribution in [0.3, 0.4) is 0 Å². The maximum atomic E-state index is 11.7. The van der Waals surface area contributed by atoms with Crippen LogP contribution in [-0.4, -0.2) is 30.9 Å². The van der Waals surface area contributed by atoms with E-state index in [2.05, 4.69) is 15.9 Å². The van der Waals surface area contributed by atoms with Crippen LogP contribution in [0.4, 0.5) is 0 Å². The molecule has 1 aromatic heterocycles. The molecule has 0 bridgehead atoms. The summed E-state index contributed by atoms with van der Waals surface area (Å²) >= 11 is 3.16. The van der Waals surface area contributed by atoms with E-state index in [1.54, 1.807) is 18.0 Å². The van der Waals surface area contributed by atoms with Gasteiger partial charge in [0.2, 0.25) is 0 Å². The second-order valence-electron chi connectivity index (χ2n) is 2.98. The molecule has 4 nitrogen and oxygen atoms in total. The number of amides is 1. The number of hydrogen-bond acceptors (Lipinski definition) is 3. The molecule has 14 heavy (non-hydrogen) atoms. The molecule has 1 aromatic rings. The molecule has 1 rings (SSSR count). The summed E-state index contributed by atoms with van der Waals surface area (Å²) in [5.74, 6) is -0.0564. The summed E-state index contributed by atoms with van der Waals surface area (Å²) in [4.78, 5) is 13.4. The summed E-state index contributed by atoms with van der Waals surface area (Å²) in [5.41, 5.74) is 5.91. The fraction of sp³-hybridized carbons (Fsp3) is 0.444. The highest BCUT2D eigenvalue weighted by Crippen LogP contribution is 2.18. The Bertz CT molecular complexity index is 312. The van der Waals surface area contributed by atoms with E-state index in [1.807, 2.05) is 0 Å². The van der Waals surface area contributed by atoms with E-state index in [4.69, 9.17) is 10.2 Å². The van der Waals surface area contributed by atoms with Crippen molar-refractivity contribution in [1.29, 1.82) is 0 Å². The lowest BCUT2D eigenvalue weighted by Crippen LogP contribution is -2.28. The van der Waals surface area contributed by atoms with Gasteiger partial charge in [0, 0.05) is 13.6 Å². The van der Waals surface area contributed by atoms with Gasteiger partial charge in [-0.05, 0) is 35.0 Å². The van der Waals surface area contributed by atoms with Crippen molar-refractivity contribution in [2.24, 2.45) is 5.73 Å². The molecule has 1 heterocycles.